The summed E-state index contributed by atoms with van der Waals surface area (Å²) in [6.07, 6.45) is 1.79. The van der Waals surface area contributed by atoms with Crippen LogP contribution in [0.4, 0.5) is 0 Å². The van der Waals surface area contributed by atoms with E-state index in [0.29, 0.717) is 16.5 Å². The van der Waals surface area contributed by atoms with Gasteiger partial charge in [-0.15, -0.1) is 0 Å². The first kappa shape index (κ1) is 16.4. The second kappa shape index (κ2) is 6.59. The summed E-state index contributed by atoms with van der Waals surface area (Å²) < 4.78 is 6.71. The molecule has 0 atom stereocenters. The van der Waals surface area contributed by atoms with E-state index in [-0.39, 0.29) is 34.5 Å². The van der Waals surface area contributed by atoms with Crippen LogP contribution in [0, 0.1) is 0 Å². The average Bonchev–Trinajstić information content (AvgIpc) is 2.91. The number of benzene rings is 1. The predicted octanol–water partition coefficient (Wildman–Crippen LogP) is 3.29. The lowest BCUT2D eigenvalue weighted by Gasteiger charge is -2.09. The van der Waals surface area contributed by atoms with Crippen molar-refractivity contribution >= 4 is 34.8 Å². The minimum atomic E-state index is -0.386. The number of fused-ring (bicyclic) bond motifs is 1. The van der Waals surface area contributed by atoms with Gasteiger partial charge in [-0.25, -0.2) is 4.98 Å². The highest BCUT2D eigenvalue weighted by Gasteiger charge is 2.15. The summed E-state index contributed by atoms with van der Waals surface area (Å²) >= 11 is 12.1. The lowest BCUT2D eigenvalue weighted by atomic mass is 10.2. The van der Waals surface area contributed by atoms with Gasteiger partial charge in [-0.05, 0) is 24.3 Å². The van der Waals surface area contributed by atoms with Crippen LogP contribution in [0.2, 0.25) is 10.2 Å². The van der Waals surface area contributed by atoms with Crippen LogP contribution in [0.15, 0.2) is 36.5 Å². The van der Waals surface area contributed by atoms with Crippen molar-refractivity contribution in [3.63, 3.8) is 0 Å². The summed E-state index contributed by atoms with van der Waals surface area (Å²) in [7, 11) is 1.38. The van der Waals surface area contributed by atoms with Crippen molar-refractivity contribution < 1.29 is 14.6 Å². The number of phenolic OH excluding ortho intramolecular Hbond substituents is 1. The molecule has 0 aliphatic rings. The normalized spacial score (nSPS) is 10.8. The number of halogens is 2. The highest BCUT2D eigenvalue weighted by Crippen LogP contribution is 2.34. The van der Waals surface area contributed by atoms with E-state index in [9.17, 15) is 9.90 Å². The van der Waals surface area contributed by atoms with E-state index < -0.39 is 0 Å². The molecule has 6 nitrogen and oxygen atoms in total. The molecule has 124 valence electrons. The Kier molecular flexibility index (Phi) is 4.51. The van der Waals surface area contributed by atoms with Crippen molar-refractivity contribution in [1.29, 1.82) is 0 Å². The minimum absolute atomic E-state index is 0.0327. The van der Waals surface area contributed by atoms with E-state index in [1.165, 1.54) is 19.2 Å². The summed E-state index contributed by atoms with van der Waals surface area (Å²) in [5.74, 6) is -0.471. The molecule has 24 heavy (non-hydrogen) atoms. The predicted molar refractivity (Wildman–Crippen MR) is 91.0 cm³/mol. The monoisotopic (exact) mass is 365 g/mol. The van der Waals surface area contributed by atoms with Gasteiger partial charge >= 0.3 is 0 Å². The van der Waals surface area contributed by atoms with Crippen molar-refractivity contribution in [2.75, 3.05) is 7.11 Å². The fraction of sp³-hybridized carbons (Fsp3) is 0.125. The number of aromatic nitrogens is 2. The van der Waals surface area contributed by atoms with Gasteiger partial charge in [0.2, 0.25) is 0 Å². The molecule has 0 spiro atoms. The van der Waals surface area contributed by atoms with Crippen molar-refractivity contribution in [2.45, 2.75) is 6.54 Å². The van der Waals surface area contributed by atoms with E-state index in [4.69, 9.17) is 27.9 Å². The summed E-state index contributed by atoms with van der Waals surface area (Å²) in [6.45, 7) is 0.153. The first-order valence-electron chi connectivity index (χ1n) is 6.97. The third-order valence-electron chi connectivity index (χ3n) is 3.46. The summed E-state index contributed by atoms with van der Waals surface area (Å²) in [5.41, 5.74) is 1.50. The number of hydrogen-bond acceptors (Lipinski definition) is 4. The van der Waals surface area contributed by atoms with Crippen molar-refractivity contribution in [3.05, 3.63) is 58.0 Å². The van der Waals surface area contributed by atoms with E-state index in [1.807, 2.05) is 18.2 Å². The fourth-order valence-electron chi connectivity index (χ4n) is 2.25. The van der Waals surface area contributed by atoms with Crippen LogP contribution in [0.1, 0.15) is 16.1 Å². The number of imidazole rings is 1. The number of carbonyl (C=O) groups is 1. The molecule has 8 heteroatoms. The molecule has 0 aliphatic carbocycles. The van der Waals surface area contributed by atoms with Gasteiger partial charge in [0, 0.05) is 11.8 Å². The van der Waals surface area contributed by atoms with Crippen LogP contribution >= 0.6 is 23.2 Å². The van der Waals surface area contributed by atoms with Gasteiger partial charge in [0.05, 0.1) is 24.4 Å². The Morgan fingerprint density at radius 3 is 2.88 bits per heavy atom. The largest absolute Gasteiger partial charge is 0.503 e. The van der Waals surface area contributed by atoms with E-state index in [0.717, 1.165) is 0 Å². The Morgan fingerprint density at radius 2 is 2.17 bits per heavy atom. The maximum atomic E-state index is 12.3. The molecule has 3 aromatic rings. The van der Waals surface area contributed by atoms with Crippen molar-refractivity contribution in [2.24, 2.45) is 0 Å². The number of amides is 1. The second-order valence-corrected chi connectivity index (χ2v) is 5.73. The fourth-order valence-corrected chi connectivity index (χ4v) is 2.72. The first-order chi connectivity index (χ1) is 11.5. The zero-order valence-corrected chi connectivity index (χ0v) is 14.1. The zero-order valence-electron chi connectivity index (χ0n) is 12.6. The molecule has 1 aromatic carbocycles. The first-order valence-corrected chi connectivity index (χ1v) is 7.73. The zero-order chi connectivity index (χ0) is 17.3. The molecule has 0 saturated heterocycles. The number of carbonyl (C=O) groups excluding carboxylic acids is 1. The van der Waals surface area contributed by atoms with Crippen LogP contribution < -0.4 is 10.1 Å². The molecule has 0 aliphatic heterocycles. The number of rotatable bonds is 4. The molecule has 2 aromatic heterocycles. The highest BCUT2D eigenvalue weighted by molar-refractivity contribution is 6.32. The number of aromatic hydroxyl groups is 1. The maximum absolute atomic E-state index is 12.3. The molecular formula is C16H13Cl2N3O3. The number of nitrogens with one attached hydrogen (secondary N) is 1. The summed E-state index contributed by atoms with van der Waals surface area (Å²) in [4.78, 5) is 16.7. The van der Waals surface area contributed by atoms with Crippen LogP contribution in [0.5, 0.6) is 11.5 Å². The molecule has 0 saturated carbocycles. The topological polar surface area (TPSA) is 75.9 Å². The summed E-state index contributed by atoms with van der Waals surface area (Å²) in [6, 6.07) is 8.28. The maximum Gasteiger partial charge on any atom is 0.251 e. The third kappa shape index (κ3) is 2.98. The standard InChI is InChI=1S/C16H13Cl2N3O3/c1-24-12-7-9(6-10(17)14(12)22)16(23)19-8-11-15(18)21-5-3-2-4-13(21)20-11/h2-7,22H,8H2,1H3,(H,19,23). The van der Waals surface area contributed by atoms with Crippen LogP contribution in [-0.4, -0.2) is 27.5 Å². The Balaban J connectivity index is 1.80. The number of phenols is 1. The van der Waals surface area contributed by atoms with Gasteiger partial charge in [-0.2, -0.15) is 0 Å². The molecular weight excluding hydrogens is 353 g/mol. The van der Waals surface area contributed by atoms with Crippen molar-refractivity contribution in [3.8, 4) is 11.5 Å². The number of pyridine rings is 1. The molecule has 0 fully saturated rings. The molecule has 0 radical (unpaired) electrons. The molecule has 0 unspecified atom stereocenters. The van der Waals surface area contributed by atoms with Gasteiger partial charge in [0.25, 0.3) is 5.91 Å². The Bertz CT molecular complexity index is 924. The number of ether oxygens (including phenoxy) is 1. The quantitative estimate of drug-likeness (QED) is 0.743. The van der Waals surface area contributed by atoms with E-state index in [2.05, 4.69) is 10.3 Å². The molecule has 1 amide bonds. The Hall–Kier alpha value is -2.44. The van der Waals surface area contributed by atoms with Gasteiger partial charge in [-0.1, -0.05) is 29.3 Å². The van der Waals surface area contributed by atoms with E-state index >= 15 is 0 Å². The van der Waals surface area contributed by atoms with E-state index in [1.54, 1.807) is 10.6 Å². The SMILES string of the molecule is COc1cc(C(=O)NCc2nc3ccccn3c2Cl)cc(Cl)c1O. The van der Waals surface area contributed by atoms with Gasteiger partial charge in [0.15, 0.2) is 11.5 Å². The highest BCUT2D eigenvalue weighted by atomic mass is 35.5. The average molecular weight is 366 g/mol. The van der Waals surface area contributed by atoms with Gasteiger partial charge < -0.3 is 15.2 Å². The number of hydrogen-bond donors (Lipinski definition) is 2. The molecule has 2 heterocycles. The molecule has 3 rings (SSSR count). The number of methoxy groups -OCH3 is 1. The minimum Gasteiger partial charge on any atom is -0.503 e. The lowest BCUT2D eigenvalue weighted by molar-refractivity contribution is 0.0950. The smallest absolute Gasteiger partial charge is 0.251 e. The molecule has 0 bridgehead atoms. The second-order valence-electron chi connectivity index (χ2n) is 4.97. The Morgan fingerprint density at radius 1 is 1.38 bits per heavy atom. The third-order valence-corrected chi connectivity index (χ3v) is 4.15. The van der Waals surface area contributed by atoms with Crippen LogP contribution in [-0.2, 0) is 6.54 Å². The lowest BCUT2D eigenvalue weighted by Crippen LogP contribution is -2.23. The van der Waals surface area contributed by atoms with Gasteiger partial charge in [0.1, 0.15) is 10.8 Å². The molecule has 2 N–H and O–H groups in total. The van der Waals surface area contributed by atoms with Crippen molar-refractivity contribution in [1.82, 2.24) is 14.7 Å². The van der Waals surface area contributed by atoms with Gasteiger partial charge in [-0.3, -0.25) is 9.20 Å². The van der Waals surface area contributed by atoms with Crippen LogP contribution in [0.3, 0.4) is 0 Å². The summed E-state index contributed by atoms with van der Waals surface area (Å²) in [5, 5.41) is 12.9. The Labute approximate surface area is 147 Å². The number of nitrogens with zero attached hydrogens (tertiary/aromatic N) is 2. The van der Waals surface area contributed by atoms with Crippen LogP contribution in [0.25, 0.3) is 5.65 Å².